The molecule has 0 aromatic heterocycles. The molecule has 0 heterocycles. The van der Waals surface area contributed by atoms with E-state index in [9.17, 15) is 19.4 Å². The van der Waals surface area contributed by atoms with E-state index < -0.39 is 20.0 Å². The van der Waals surface area contributed by atoms with Gasteiger partial charge in [-0.3, -0.25) is 9.36 Å². The lowest BCUT2D eigenvalue weighted by Crippen LogP contribution is -2.46. The Kier molecular flexibility index (Phi) is 53.9. The van der Waals surface area contributed by atoms with E-state index in [1.807, 2.05) is 21.1 Å². The van der Waals surface area contributed by atoms with E-state index in [1.54, 1.807) is 0 Å². The summed E-state index contributed by atoms with van der Waals surface area (Å²) in [7, 11) is 1.33. The summed E-state index contributed by atoms with van der Waals surface area (Å²) < 4.78 is 23.4. The minimum Gasteiger partial charge on any atom is -0.756 e. The van der Waals surface area contributed by atoms with E-state index in [2.05, 4.69) is 19.2 Å². The number of hydrogen-bond acceptors (Lipinski definition) is 6. The van der Waals surface area contributed by atoms with Gasteiger partial charge in [0.1, 0.15) is 13.2 Å². The Morgan fingerprint density at radius 3 is 0.958 bits per heavy atom. The average Bonchev–Trinajstić information content (AvgIpc) is 3.33. The minimum absolute atomic E-state index is 0.0165. The molecule has 1 amide bonds. The van der Waals surface area contributed by atoms with Crippen LogP contribution in [0, 0.1) is 0 Å². The molecule has 0 bridgehead atoms. The van der Waals surface area contributed by atoms with Crippen molar-refractivity contribution in [3.63, 3.8) is 0 Å². The third-order valence-electron chi connectivity index (χ3n) is 15.1. The zero-order valence-corrected chi connectivity index (χ0v) is 49.6. The largest absolute Gasteiger partial charge is 0.756 e. The van der Waals surface area contributed by atoms with Crippen LogP contribution in [-0.2, 0) is 18.4 Å². The van der Waals surface area contributed by atoms with Crippen LogP contribution in [0.2, 0.25) is 0 Å². The van der Waals surface area contributed by atoms with Crippen LogP contribution in [0.5, 0.6) is 0 Å². The number of carbonyl (C=O) groups excluding carboxylic acids is 1. The predicted octanol–water partition coefficient (Wildman–Crippen LogP) is 19.0. The number of nitrogens with one attached hydrogen (secondary N) is 1. The van der Waals surface area contributed by atoms with Gasteiger partial charge in [-0.25, -0.2) is 0 Å². The first-order valence-corrected chi connectivity index (χ1v) is 33.3. The number of quaternary nitrogens is 1. The van der Waals surface area contributed by atoms with Gasteiger partial charge < -0.3 is 28.8 Å². The highest BCUT2D eigenvalue weighted by Crippen LogP contribution is 2.38. The second-order valence-corrected chi connectivity index (χ2v) is 24.9. The summed E-state index contributed by atoms with van der Waals surface area (Å²) in [5.41, 5.74) is 0. The van der Waals surface area contributed by atoms with Crippen molar-refractivity contribution >= 4 is 13.7 Å². The number of amides is 1. The maximum atomic E-state index is 13.0. The van der Waals surface area contributed by atoms with E-state index in [-0.39, 0.29) is 19.1 Å². The topological polar surface area (TPSA) is 108 Å². The van der Waals surface area contributed by atoms with Crippen molar-refractivity contribution in [2.75, 3.05) is 40.9 Å². The van der Waals surface area contributed by atoms with Gasteiger partial charge in [-0.05, 0) is 12.8 Å². The SMILES string of the molecule is CCCCCCCCCCCCCCCCCCCCCCCCCCCCCCCCCCCCCC(=O)N[C@@H](COP(=O)([O-])OCC[N+](C)(C)C)[C@H](O)CCCCCCCCCCCCCCCC. The molecule has 0 saturated heterocycles. The molecular formula is C62H127N2O6P. The molecule has 1 unspecified atom stereocenters. The summed E-state index contributed by atoms with van der Waals surface area (Å²) in [6, 6.07) is -0.795. The van der Waals surface area contributed by atoms with E-state index in [4.69, 9.17) is 9.05 Å². The van der Waals surface area contributed by atoms with Gasteiger partial charge in [-0.2, -0.15) is 0 Å². The number of hydrogen-bond donors (Lipinski definition) is 2. The molecule has 0 rings (SSSR count). The molecule has 9 heteroatoms. The Balaban J connectivity index is 3.87. The second-order valence-electron chi connectivity index (χ2n) is 23.5. The van der Waals surface area contributed by atoms with Gasteiger partial charge in [-0.15, -0.1) is 0 Å². The van der Waals surface area contributed by atoms with E-state index >= 15 is 0 Å². The van der Waals surface area contributed by atoms with Crippen LogP contribution in [0.15, 0.2) is 0 Å². The van der Waals surface area contributed by atoms with Gasteiger partial charge >= 0.3 is 0 Å². The lowest BCUT2D eigenvalue weighted by molar-refractivity contribution is -0.870. The molecule has 0 aromatic rings. The Bertz CT molecular complexity index is 1120. The molecule has 0 aliphatic carbocycles. The van der Waals surface area contributed by atoms with Gasteiger partial charge in [0, 0.05) is 6.42 Å². The molecule has 8 nitrogen and oxygen atoms in total. The smallest absolute Gasteiger partial charge is 0.268 e. The van der Waals surface area contributed by atoms with Crippen LogP contribution >= 0.6 is 7.82 Å². The van der Waals surface area contributed by atoms with Crippen molar-refractivity contribution in [3.8, 4) is 0 Å². The lowest BCUT2D eigenvalue weighted by atomic mass is 10.0. The molecular weight excluding hydrogens is 900 g/mol. The van der Waals surface area contributed by atoms with Crippen LogP contribution < -0.4 is 10.2 Å². The number of likely N-dealkylation sites (N-methyl/N-ethyl adjacent to an activating group) is 1. The molecule has 3 atom stereocenters. The lowest BCUT2D eigenvalue weighted by Gasteiger charge is -2.30. The summed E-state index contributed by atoms with van der Waals surface area (Å²) in [4.78, 5) is 25.5. The monoisotopic (exact) mass is 1030 g/mol. The highest BCUT2D eigenvalue weighted by atomic mass is 31.2. The van der Waals surface area contributed by atoms with Gasteiger partial charge in [0.05, 0.1) is 39.9 Å². The zero-order valence-electron chi connectivity index (χ0n) is 48.7. The summed E-state index contributed by atoms with van der Waals surface area (Å²) in [6.07, 6.45) is 66.0. The second kappa shape index (κ2) is 54.3. The van der Waals surface area contributed by atoms with E-state index in [0.29, 0.717) is 23.9 Å². The molecule has 0 spiro atoms. The molecule has 0 aliphatic rings. The van der Waals surface area contributed by atoms with E-state index in [0.717, 1.165) is 38.5 Å². The number of unbranched alkanes of at least 4 members (excludes halogenated alkanes) is 47. The molecule has 0 radical (unpaired) electrons. The normalized spacial score (nSPS) is 13.7. The highest BCUT2D eigenvalue weighted by Gasteiger charge is 2.24. The Labute approximate surface area is 444 Å². The number of carbonyl (C=O) groups is 1. The van der Waals surface area contributed by atoms with Gasteiger partial charge in [-0.1, -0.05) is 322 Å². The van der Waals surface area contributed by atoms with Crippen molar-refractivity contribution in [1.82, 2.24) is 5.32 Å². The van der Waals surface area contributed by atoms with Crippen LogP contribution in [0.4, 0.5) is 0 Å². The van der Waals surface area contributed by atoms with Crippen LogP contribution in [0.1, 0.15) is 341 Å². The first-order chi connectivity index (χ1) is 34.5. The maximum absolute atomic E-state index is 13.0. The maximum Gasteiger partial charge on any atom is 0.268 e. The number of aliphatic hydroxyl groups excluding tert-OH is 1. The first-order valence-electron chi connectivity index (χ1n) is 31.9. The van der Waals surface area contributed by atoms with Crippen molar-refractivity contribution in [3.05, 3.63) is 0 Å². The van der Waals surface area contributed by atoms with Crippen molar-refractivity contribution < 1.29 is 32.9 Å². The van der Waals surface area contributed by atoms with Crippen molar-refractivity contribution in [1.29, 1.82) is 0 Å². The summed E-state index contributed by atoms with van der Waals surface area (Å²) in [6.45, 7) is 4.77. The first kappa shape index (κ1) is 70.5. The fourth-order valence-electron chi connectivity index (χ4n) is 10.1. The zero-order chi connectivity index (χ0) is 52.0. The van der Waals surface area contributed by atoms with Gasteiger partial charge in [0.25, 0.3) is 7.82 Å². The number of aliphatic hydroxyl groups is 1. The van der Waals surface area contributed by atoms with Gasteiger partial charge in [0.2, 0.25) is 5.91 Å². The van der Waals surface area contributed by atoms with Crippen LogP contribution in [0.3, 0.4) is 0 Å². The predicted molar refractivity (Wildman–Crippen MR) is 307 cm³/mol. The fraction of sp³-hybridized carbons (Fsp3) is 0.984. The Morgan fingerprint density at radius 1 is 0.437 bits per heavy atom. The van der Waals surface area contributed by atoms with Crippen LogP contribution in [0.25, 0.3) is 0 Å². The Morgan fingerprint density at radius 2 is 0.690 bits per heavy atom. The molecule has 0 saturated carbocycles. The van der Waals surface area contributed by atoms with Crippen LogP contribution in [-0.4, -0.2) is 68.5 Å². The molecule has 0 aromatic carbocycles. The summed E-state index contributed by atoms with van der Waals surface area (Å²) in [5, 5.41) is 14.0. The minimum atomic E-state index is -4.57. The highest BCUT2D eigenvalue weighted by molar-refractivity contribution is 7.45. The Hall–Kier alpha value is -0.500. The molecule has 426 valence electrons. The summed E-state index contributed by atoms with van der Waals surface area (Å²) >= 11 is 0. The van der Waals surface area contributed by atoms with Crippen molar-refractivity contribution in [2.45, 2.75) is 353 Å². The third kappa shape index (κ3) is 57.1. The quantitative estimate of drug-likeness (QED) is 0.0357. The summed E-state index contributed by atoms with van der Waals surface area (Å²) in [5.74, 6) is -0.156. The molecule has 0 aliphatic heterocycles. The van der Waals surface area contributed by atoms with Gasteiger partial charge in [0.15, 0.2) is 0 Å². The molecule has 2 N–H and O–H groups in total. The fourth-order valence-corrected chi connectivity index (χ4v) is 10.8. The van der Waals surface area contributed by atoms with E-state index in [1.165, 1.54) is 276 Å². The number of nitrogens with zero attached hydrogens (tertiary/aromatic N) is 1. The molecule has 0 fully saturated rings. The molecule has 71 heavy (non-hydrogen) atoms. The third-order valence-corrected chi connectivity index (χ3v) is 16.1. The van der Waals surface area contributed by atoms with Crippen molar-refractivity contribution in [2.24, 2.45) is 0 Å². The number of phosphoric acid groups is 1. The number of rotatable bonds is 60. The standard InChI is InChI=1S/C62H127N2O6P/c1-6-8-10-12-14-16-18-20-22-23-24-25-26-27-28-29-30-31-32-33-34-35-36-37-38-39-40-41-42-44-46-48-50-52-54-56-62(66)63-60(59-70-71(67,68)69-58-57-64(3,4)5)61(65)55-53-51-49-47-45-43-21-19-17-15-13-11-9-7-2/h60-61,65H,6-59H2,1-5H3,(H-,63,66,67,68)/t60-,61+/m0/s1. The number of phosphoric ester groups is 1. The average molecular weight is 1030 g/mol.